The lowest BCUT2D eigenvalue weighted by Gasteiger charge is -2.35. The zero-order chi connectivity index (χ0) is 18.1. The minimum atomic E-state index is -3.91. The number of primary sulfonamides is 1. The molecule has 0 saturated carbocycles. The number of β-amino-alcohol motifs (C(OH)–C–C–N with tert-alkyl or cyclic N) is 1. The number of carbonyl (C=O) groups is 2. The average Bonchev–Trinajstić information content (AvgIpc) is 2.48. The van der Waals surface area contributed by atoms with Gasteiger partial charge in [0.05, 0.1) is 17.0 Å². The number of nitrogens with one attached hydrogen (secondary N) is 1. The number of rotatable bonds is 3. The maximum Gasteiger partial charge on any atom is 0.251 e. The summed E-state index contributed by atoms with van der Waals surface area (Å²) < 4.78 is 22.9. The summed E-state index contributed by atoms with van der Waals surface area (Å²) >= 11 is 0. The molecule has 1 aliphatic heterocycles. The highest BCUT2D eigenvalue weighted by molar-refractivity contribution is 7.89. The number of amides is 2. The Morgan fingerprint density at radius 2 is 2.04 bits per heavy atom. The number of hydrogen-bond acceptors (Lipinski definition) is 5. The molecule has 0 spiro atoms. The molecule has 0 aliphatic carbocycles. The second-order valence-corrected chi connectivity index (χ2v) is 7.48. The fourth-order valence-corrected chi connectivity index (χ4v) is 3.19. The molecule has 1 fully saturated rings. The van der Waals surface area contributed by atoms with E-state index in [0.717, 1.165) is 0 Å². The van der Waals surface area contributed by atoms with Crippen LogP contribution in [0.25, 0.3) is 0 Å². The van der Waals surface area contributed by atoms with Crippen molar-refractivity contribution in [3.8, 4) is 0 Å². The average molecular weight is 355 g/mol. The van der Waals surface area contributed by atoms with Gasteiger partial charge in [0.1, 0.15) is 0 Å². The highest BCUT2D eigenvalue weighted by atomic mass is 32.2. The van der Waals surface area contributed by atoms with Gasteiger partial charge in [0.15, 0.2) is 0 Å². The van der Waals surface area contributed by atoms with E-state index < -0.39 is 28.1 Å². The highest BCUT2D eigenvalue weighted by Gasteiger charge is 2.30. The number of aliphatic hydroxyl groups excluding tert-OH is 1. The van der Waals surface area contributed by atoms with Crippen molar-refractivity contribution in [2.45, 2.75) is 37.3 Å². The van der Waals surface area contributed by atoms with Crippen LogP contribution in [-0.2, 0) is 14.8 Å². The number of carbonyl (C=O) groups excluding carboxylic acids is 2. The van der Waals surface area contributed by atoms with Gasteiger partial charge in [-0.25, -0.2) is 13.6 Å². The van der Waals surface area contributed by atoms with E-state index in [-0.39, 0.29) is 22.9 Å². The molecule has 0 unspecified atom stereocenters. The lowest BCUT2D eigenvalue weighted by molar-refractivity contribution is -0.132. The van der Waals surface area contributed by atoms with E-state index in [4.69, 9.17) is 5.14 Å². The molecule has 4 N–H and O–H groups in total. The van der Waals surface area contributed by atoms with Crippen molar-refractivity contribution >= 4 is 21.8 Å². The Morgan fingerprint density at radius 1 is 1.38 bits per heavy atom. The third-order valence-electron chi connectivity index (χ3n) is 4.13. The summed E-state index contributed by atoms with van der Waals surface area (Å²) in [5, 5.41) is 17.9. The van der Waals surface area contributed by atoms with Crippen LogP contribution in [0, 0.1) is 6.92 Å². The number of aryl methyl sites for hydroxylation is 1. The monoisotopic (exact) mass is 355 g/mol. The Kier molecular flexibility index (Phi) is 5.26. The third-order valence-corrected chi connectivity index (χ3v) is 5.04. The van der Waals surface area contributed by atoms with Crippen molar-refractivity contribution in [3.05, 3.63) is 29.3 Å². The van der Waals surface area contributed by atoms with Crippen molar-refractivity contribution in [1.82, 2.24) is 10.2 Å². The van der Waals surface area contributed by atoms with Gasteiger partial charge in [-0.1, -0.05) is 6.07 Å². The van der Waals surface area contributed by atoms with Crippen LogP contribution >= 0.6 is 0 Å². The van der Waals surface area contributed by atoms with E-state index in [1.165, 1.54) is 30.0 Å². The predicted octanol–water partition coefficient (Wildman–Crippen LogP) is -0.646. The third kappa shape index (κ3) is 4.11. The van der Waals surface area contributed by atoms with Crippen molar-refractivity contribution in [3.63, 3.8) is 0 Å². The van der Waals surface area contributed by atoms with E-state index in [1.807, 2.05) is 0 Å². The number of aliphatic hydroxyl groups is 1. The normalized spacial score (nSPS) is 21.4. The summed E-state index contributed by atoms with van der Waals surface area (Å²) in [5.74, 6) is -0.617. The number of likely N-dealkylation sites (tertiary alicyclic amines) is 1. The largest absolute Gasteiger partial charge is 0.389 e. The van der Waals surface area contributed by atoms with Crippen LogP contribution in [0.1, 0.15) is 29.3 Å². The van der Waals surface area contributed by atoms with Crippen LogP contribution in [-0.4, -0.2) is 55.5 Å². The second kappa shape index (κ2) is 6.88. The van der Waals surface area contributed by atoms with Gasteiger partial charge in [-0.05, 0) is 31.0 Å². The zero-order valence-electron chi connectivity index (χ0n) is 13.5. The minimum absolute atomic E-state index is 0.129. The first-order chi connectivity index (χ1) is 11.1. The minimum Gasteiger partial charge on any atom is -0.389 e. The fraction of sp³-hybridized carbons (Fsp3) is 0.467. The highest BCUT2D eigenvalue weighted by Crippen LogP contribution is 2.17. The number of nitrogens with zero attached hydrogens (tertiary/aromatic N) is 1. The van der Waals surface area contributed by atoms with Crippen LogP contribution < -0.4 is 10.5 Å². The predicted molar refractivity (Wildman–Crippen MR) is 86.7 cm³/mol. The van der Waals surface area contributed by atoms with Crippen LogP contribution in [0.3, 0.4) is 0 Å². The van der Waals surface area contributed by atoms with Crippen LogP contribution in [0.15, 0.2) is 23.1 Å². The first-order valence-electron chi connectivity index (χ1n) is 7.47. The summed E-state index contributed by atoms with van der Waals surface area (Å²) in [6.07, 6.45) is -0.464. The molecule has 1 aromatic rings. The molecule has 1 aliphatic rings. The lowest BCUT2D eigenvalue weighted by atomic mass is 10.0. The maximum atomic E-state index is 12.4. The molecule has 2 amide bonds. The van der Waals surface area contributed by atoms with Gasteiger partial charge in [-0.15, -0.1) is 0 Å². The molecule has 0 radical (unpaired) electrons. The summed E-state index contributed by atoms with van der Waals surface area (Å²) in [6.45, 7) is 3.69. The van der Waals surface area contributed by atoms with Gasteiger partial charge >= 0.3 is 0 Å². The van der Waals surface area contributed by atoms with Crippen molar-refractivity contribution < 1.29 is 23.1 Å². The molecule has 1 aromatic carbocycles. The zero-order valence-corrected chi connectivity index (χ0v) is 14.3. The molecule has 24 heavy (non-hydrogen) atoms. The van der Waals surface area contributed by atoms with Crippen molar-refractivity contribution in [1.29, 1.82) is 0 Å². The van der Waals surface area contributed by atoms with Crippen LogP contribution in [0.4, 0.5) is 0 Å². The molecule has 2 rings (SSSR count). The SMILES string of the molecule is CC(=O)N1CC[C@@H](NC(=O)c2cc(S(N)(=O)=O)ccc2C)[C@H](O)C1. The Morgan fingerprint density at radius 3 is 2.58 bits per heavy atom. The molecule has 8 nitrogen and oxygen atoms in total. The van der Waals surface area contributed by atoms with Gasteiger partial charge in [-0.3, -0.25) is 9.59 Å². The molecular weight excluding hydrogens is 334 g/mol. The fourth-order valence-electron chi connectivity index (χ4n) is 2.65. The molecule has 2 atom stereocenters. The van der Waals surface area contributed by atoms with E-state index in [9.17, 15) is 23.1 Å². The molecule has 0 aromatic heterocycles. The van der Waals surface area contributed by atoms with Gasteiger partial charge in [0, 0.05) is 25.6 Å². The standard InChI is InChI=1S/C15H21N3O5S/c1-9-3-4-11(24(16,22)23)7-12(9)15(21)17-13-5-6-18(10(2)19)8-14(13)20/h3-4,7,13-14,20H,5-6,8H2,1-2H3,(H,17,21)(H2,16,22,23)/t13-,14-/m1/s1. The maximum absolute atomic E-state index is 12.4. The molecule has 132 valence electrons. The van der Waals surface area contributed by atoms with Gasteiger partial charge in [0.25, 0.3) is 5.91 Å². The number of benzene rings is 1. The quantitative estimate of drug-likeness (QED) is 0.664. The molecule has 1 saturated heterocycles. The van der Waals surface area contributed by atoms with Crippen LogP contribution in [0.5, 0.6) is 0 Å². The smallest absolute Gasteiger partial charge is 0.251 e. The first kappa shape index (κ1) is 18.4. The molecular formula is C15H21N3O5S. The van der Waals surface area contributed by atoms with Gasteiger partial charge in [0.2, 0.25) is 15.9 Å². The Hall–Kier alpha value is -1.97. The summed E-state index contributed by atoms with van der Waals surface area (Å²) in [6, 6.07) is 3.55. The van der Waals surface area contributed by atoms with Crippen molar-refractivity contribution in [2.75, 3.05) is 13.1 Å². The summed E-state index contributed by atoms with van der Waals surface area (Å²) in [5.41, 5.74) is 0.776. The molecule has 0 bridgehead atoms. The summed E-state index contributed by atoms with van der Waals surface area (Å²) in [7, 11) is -3.91. The van der Waals surface area contributed by atoms with Gasteiger partial charge in [-0.2, -0.15) is 0 Å². The van der Waals surface area contributed by atoms with E-state index in [1.54, 1.807) is 6.92 Å². The lowest BCUT2D eigenvalue weighted by Crippen LogP contribution is -2.55. The number of hydrogen-bond donors (Lipinski definition) is 3. The van der Waals surface area contributed by atoms with E-state index in [0.29, 0.717) is 18.5 Å². The molecule has 1 heterocycles. The second-order valence-electron chi connectivity index (χ2n) is 5.92. The Labute approximate surface area is 140 Å². The Balaban J connectivity index is 2.15. The number of piperidine rings is 1. The van der Waals surface area contributed by atoms with Crippen molar-refractivity contribution in [2.24, 2.45) is 5.14 Å². The first-order valence-corrected chi connectivity index (χ1v) is 9.02. The Bertz CT molecular complexity index is 762. The number of sulfonamides is 1. The van der Waals surface area contributed by atoms with E-state index in [2.05, 4.69) is 5.32 Å². The van der Waals surface area contributed by atoms with Gasteiger partial charge < -0.3 is 15.3 Å². The summed E-state index contributed by atoms with van der Waals surface area (Å²) in [4.78, 5) is 25.1. The topological polar surface area (TPSA) is 130 Å². The van der Waals surface area contributed by atoms with Crippen LogP contribution in [0.2, 0.25) is 0 Å². The molecule has 9 heteroatoms. The van der Waals surface area contributed by atoms with E-state index >= 15 is 0 Å². The number of nitrogens with two attached hydrogens (primary N) is 1.